The summed E-state index contributed by atoms with van der Waals surface area (Å²) in [6.07, 6.45) is 2.18. The molecule has 0 amide bonds. The fourth-order valence-corrected chi connectivity index (χ4v) is 2.20. The van der Waals surface area contributed by atoms with Crippen LogP contribution in [0.25, 0.3) is 0 Å². The van der Waals surface area contributed by atoms with Gasteiger partial charge in [-0.05, 0) is 25.8 Å². The summed E-state index contributed by atoms with van der Waals surface area (Å²) in [6.45, 7) is 3.25. The van der Waals surface area contributed by atoms with Crippen LogP contribution in [-0.2, 0) is 0 Å². The van der Waals surface area contributed by atoms with Gasteiger partial charge in [0.05, 0.1) is 12.8 Å². The maximum absolute atomic E-state index is 13.7. The topological polar surface area (TPSA) is 29.5 Å². The second kappa shape index (κ2) is 4.73. The summed E-state index contributed by atoms with van der Waals surface area (Å²) in [5.74, 6) is -0.359. The van der Waals surface area contributed by atoms with Crippen LogP contribution in [0.15, 0.2) is 12.1 Å². The number of ketones is 1. The van der Waals surface area contributed by atoms with Crippen molar-refractivity contribution in [2.45, 2.75) is 19.8 Å². The second-order valence-electron chi connectivity index (χ2n) is 4.25. The van der Waals surface area contributed by atoms with Gasteiger partial charge in [0.2, 0.25) is 0 Å². The zero-order valence-corrected chi connectivity index (χ0v) is 10.1. The highest BCUT2D eigenvalue weighted by Crippen LogP contribution is 2.31. The van der Waals surface area contributed by atoms with E-state index in [1.807, 2.05) is 0 Å². The van der Waals surface area contributed by atoms with Crippen LogP contribution in [0.4, 0.5) is 10.1 Å². The summed E-state index contributed by atoms with van der Waals surface area (Å²) in [5, 5.41) is 0. The molecule has 1 aliphatic rings. The first-order valence-electron chi connectivity index (χ1n) is 5.77. The zero-order valence-electron chi connectivity index (χ0n) is 10.1. The molecule has 17 heavy (non-hydrogen) atoms. The first kappa shape index (κ1) is 11.9. The van der Waals surface area contributed by atoms with Gasteiger partial charge in [-0.3, -0.25) is 4.79 Å². The lowest BCUT2D eigenvalue weighted by atomic mass is 10.1. The molecule has 0 spiro atoms. The minimum Gasteiger partial charge on any atom is -0.494 e. The first-order chi connectivity index (χ1) is 8.13. The van der Waals surface area contributed by atoms with Crippen LogP contribution in [0.5, 0.6) is 5.75 Å². The molecule has 0 N–H and O–H groups in total. The fraction of sp³-hybridized carbons (Fsp3) is 0.462. The molecular weight excluding hydrogens is 221 g/mol. The Morgan fingerprint density at radius 1 is 1.35 bits per heavy atom. The van der Waals surface area contributed by atoms with Crippen molar-refractivity contribution in [3.63, 3.8) is 0 Å². The van der Waals surface area contributed by atoms with Crippen molar-refractivity contribution in [3.05, 3.63) is 23.5 Å². The average molecular weight is 237 g/mol. The van der Waals surface area contributed by atoms with Gasteiger partial charge in [-0.25, -0.2) is 4.39 Å². The van der Waals surface area contributed by atoms with E-state index in [2.05, 4.69) is 4.90 Å². The van der Waals surface area contributed by atoms with Gasteiger partial charge in [0.1, 0.15) is 0 Å². The van der Waals surface area contributed by atoms with Crippen LogP contribution in [-0.4, -0.2) is 26.0 Å². The third kappa shape index (κ3) is 2.25. The SMILES string of the molecule is COc1cc(C(C)=O)c(N2CCCC2)cc1F. The zero-order chi connectivity index (χ0) is 12.4. The molecule has 1 aromatic rings. The Morgan fingerprint density at radius 3 is 2.53 bits per heavy atom. The Balaban J connectivity index is 2.48. The summed E-state index contributed by atoms with van der Waals surface area (Å²) in [7, 11) is 1.40. The Morgan fingerprint density at radius 2 is 2.00 bits per heavy atom. The Bertz CT molecular complexity index is 439. The molecule has 0 saturated carbocycles. The van der Waals surface area contributed by atoms with E-state index in [4.69, 9.17) is 4.74 Å². The number of hydrogen-bond donors (Lipinski definition) is 0. The quantitative estimate of drug-likeness (QED) is 0.757. The predicted molar refractivity (Wildman–Crippen MR) is 64.4 cm³/mol. The molecule has 1 fully saturated rings. The van der Waals surface area contributed by atoms with E-state index in [-0.39, 0.29) is 11.5 Å². The number of carbonyl (C=O) groups excluding carboxylic acids is 1. The number of carbonyl (C=O) groups is 1. The normalized spacial score (nSPS) is 15.1. The van der Waals surface area contributed by atoms with Crippen molar-refractivity contribution in [1.29, 1.82) is 0 Å². The smallest absolute Gasteiger partial charge is 0.167 e. The van der Waals surface area contributed by atoms with Crippen LogP contribution < -0.4 is 9.64 Å². The van der Waals surface area contributed by atoms with E-state index in [0.717, 1.165) is 25.9 Å². The van der Waals surface area contributed by atoms with Gasteiger partial charge in [-0.1, -0.05) is 0 Å². The molecule has 92 valence electrons. The van der Waals surface area contributed by atoms with Gasteiger partial charge in [0.25, 0.3) is 0 Å². The molecule has 4 heteroatoms. The molecule has 0 atom stereocenters. The van der Waals surface area contributed by atoms with Gasteiger partial charge in [-0.15, -0.1) is 0 Å². The lowest BCUT2D eigenvalue weighted by molar-refractivity contribution is 0.101. The van der Waals surface area contributed by atoms with E-state index >= 15 is 0 Å². The standard InChI is InChI=1S/C13H16FNO2/c1-9(16)10-7-13(17-2)11(14)8-12(10)15-5-3-4-6-15/h7-8H,3-6H2,1-2H3. The van der Waals surface area contributed by atoms with Gasteiger partial charge >= 0.3 is 0 Å². The number of anilines is 1. The lowest BCUT2D eigenvalue weighted by Crippen LogP contribution is -2.20. The van der Waals surface area contributed by atoms with Gasteiger partial charge < -0.3 is 9.64 Å². The number of ether oxygens (including phenoxy) is 1. The molecule has 1 aliphatic heterocycles. The van der Waals surface area contributed by atoms with Gasteiger partial charge in [0.15, 0.2) is 17.3 Å². The summed E-state index contributed by atoms with van der Waals surface area (Å²) in [6, 6.07) is 2.90. The molecule has 1 aromatic carbocycles. The number of halogens is 1. The van der Waals surface area contributed by atoms with Crippen molar-refractivity contribution < 1.29 is 13.9 Å². The number of hydrogen-bond acceptors (Lipinski definition) is 3. The minimum atomic E-state index is -0.417. The number of nitrogens with zero attached hydrogens (tertiary/aromatic N) is 1. The third-order valence-electron chi connectivity index (χ3n) is 3.10. The van der Waals surface area contributed by atoms with E-state index < -0.39 is 5.82 Å². The van der Waals surface area contributed by atoms with Crippen molar-refractivity contribution in [2.24, 2.45) is 0 Å². The molecule has 0 unspecified atom stereocenters. The highest BCUT2D eigenvalue weighted by Gasteiger charge is 2.20. The minimum absolute atomic E-state index is 0.0646. The highest BCUT2D eigenvalue weighted by molar-refractivity contribution is 6.00. The van der Waals surface area contributed by atoms with Gasteiger partial charge in [-0.2, -0.15) is 0 Å². The summed E-state index contributed by atoms with van der Waals surface area (Å²) in [5.41, 5.74) is 1.22. The maximum Gasteiger partial charge on any atom is 0.167 e. The predicted octanol–water partition coefficient (Wildman–Crippen LogP) is 2.64. The molecule has 0 aliphatic carbocycles. The van der Waals surface area contributed by atoms with Gasteiger partial charge in [0, 0.05) is 24.7 Å². The summed E-state index contributed by atoms with van der Waals surface area (Å²) < 4.78 is 18.6. The number of Topliss-reactive ketones (excluding diaryl/α,β-unsaturated/α-hetero) is 1. The first-order valence-corrected chi connectivity index (χ1v) is 5.77. The van der Waals surface area contributed by atoms with E-state index in [0.29, 0.717) is 11.3 Å². The van der Waals surface area contributed by atoms with Crippen molar-refractivity contribution in [1.82, 2.24) is 0 Å². The Labute approximate surface area is 100 Å². The Kier molecular flexibility index (Phi) is 3.31. The monoisotopic (exact) mass is 237 g/mol. The second-order valence-corrected chi connectivity index (χ2v) is 4.25. The molecule has 1 heterocycles. The maximum atomic E-state index is 13.7. The van der Waals surface area contributed by atoms with Crippen molar-refractivity contribution in [3.8, 4) is 5.75 Å². The van der Waals surface area contributed by atoms with Crippen LogP contribution in [0.3, 0.4) is 0 Å². The largest absolute Gasteiger partial charge is 0.494 e. The average Bonchev–Trinajstić information content (AvgIpc) is 2.81. The lowest BCUT2D eigenvalue weighted by Gasteiger charge is -2.21. The summed E-state index contributed by atoms with van der Waals surface area (Å²) in [4.78, 5) is 13.7. The highest BCUT2D eigenvalue weighted by atomic mass is 19.1. The van der Waals surface area contributed by atoms with Crippen LogP contribution >= 0.6 is 0 Å². The van der Waals surface area contributed by atoms with Crippen molar-refractivity contribution >= 4 is 11.5 Å². The van der Waals surface area contributed by atoms with Crippen LogP contribution in [0.2, 0.25) is 0 Å². The van der Waals surface area contributed by atoms with Crippen LogP contribution in [0.1, 0.15) is 30.1 Å². The van der Waals surface area contributed by atoms with Crippen molar-refractivity contribution in [2.75, 3.05) is 25.1 Å². The summed E-state index contributed by atoms with van der Waals surface area (Å²) >= 11 is 0. The molecule has 2 rings (SSSR count). The number of benzene rings is 1. The fourth-order valence-electron chi connectivity index (χ4n) is 2.20. The van der Waals surface area contributed by atoms with E-state index in [1.165, 1.54) is 26.2 Å². The molecular formula is C13H16FNO2. The third-order valence-corrected chi connectivity index (χ3v) is 3.10. The van der Waals surface area contributed by atoms with E-state index in [9.17, 15) is 9.18 Å². The van der Waals surface area contributed by atoms with Crippen LogP contribution in [0, 0.1) is 5.82 Å². The number of rotatable bonds is 3. The molecule has 0 aromatic heterocycles. The Hall–Kier alpha value is -1.58. The van der Waals surface area contributed by atoms with E-state index in [1.54, 1.807) is 0 Å². The molecule has 0 bridgehead atoms. The number of methoxy groups -OCH3 is 1. The molecule has 1 saturated heterocycles. The molecule has 3 nitrogen and oxygen atoms in total. The molecule has 0 radical (unpaired) electrons.